The fourth-order valence-electron chi connectivity index (χ4n) is 0. The van der Waals surface area contributed by atoms with Crippen molar-refractivity contribution in [1.82, 2.24) is 0 Å². The molecule has 0 aliphatic heterocycles. The first-order chi connectivity index (χ1) is 2.00. The molecule has 5 heteroatoms. The Bertz CT molecular complexity index is 23.1. The van der Waals surface area contributed by atoms with Crippen LogP contribution in [0.4, 0.5) is 8.39 Å². The normalized spacial score (nSPS) is 12.0. The minimum atomic E-state index is -3.97. The van der Waals surface area contributed by atoms with Gasteiger partial charge in [-0.15, -0.1) is 0 Å². The molecule has 0 saturated heterocycles. The fourth-order valence-corrected chi connectivity index (χ4v) is 0. The molecule has 0 spiro atoms. The lowest BCUT2D eigenvalue weighted by atomic mass is 10.8. The molecule has 0 aliphatic carbocycles. The average molecular weight is 113 g/mol. The van der Waals surface area contributed by atoms with Gasteiger partial charge in [0.25, 0.3) is 0 Å². The molecule has 0 N–H and O–H groups in total. The van der Waals surface area contributed by atoms with Gasteiger partial charge in [0.1, 0.15) is 7.45 Å². The molecule has 1 unspecified atom stereocenters. The van der Waals surface area contributed by atoms with Gasteiger partial charge < -0.3 is 0 Å². The Hall–Kier alpha value is 0.785. The smallest absolute Gasteiger partial charge is 0.129 e. The summed E-state index contributed by atoms with van der Waals surface area (Å²) in [5.74, 6) is 0. The maximum Gasteiger partial charge on any atom is 0.129 e. The van der Waals surface area contributed by atoms with E-state index in [0.717, 1.165) is 0 Å². The lowest BCUT2D eigenvalue weighted by Crippen LogP contribution is -1.50. The van der Waals surface area contributed by atoms with Crippen LogP contribution in [0, 0.1) is 0 Å². The van der Waals surface area contributed by atoms with E-state index < -0.39 is 7.45 Å². The average Bonchev–Trinajstić information content (AvgIpc) is 0.722. The predicted octanol–water partition coefficient (Wildman–Crippen LogP) is 1.65. The summed E-state index contributed by atoms with van der Waals surface area (Å²) >= 11 is 0. The Morgan fingerprint density at radius 3 is 1.60 bits per heavy atom. The van der Waals surface area contributed by atoms with Crippen molar-refractivity contribution in [3.05, 3.63) is 0 Å². The van der Waals surface area contributed by atoms with E-state index in [-0.39, 0.29) is 0 Å². The lowest BCUT2D eigenvalue weighted by molar-refractivity contribution is 0.764. The molecule has 0 saturated carbocycles. The van der Waals surface area contributed by atoms with Crippen LogP contribution in [0.15, 0.2) is 0 Å². The molecule has 0 bridgehead atoms. The summed E-state index contributed by atoms with van der Waals surface area (Å²) in [5, 5.41) is 0. The van der Waals surface area contributed by atoms with E-state index in [4.69, 9.17) is 0 Å². The van der Waals surface area contributed by atoms with Crippen molar-refractivity contribution >= 4 is 23.9 Å². The number of hydrogen-bond acceptors (Lipinski definition) is 0. The van der Waals surface area contributed by atoms with Crippen LogP contribution in [0.2, 0.25) is 0 Å². The van der Waals surface area contributed by atoms with Crippen LogP contribution in [0.3, 0.4) is 0 Å². The Labute approximate surface area is 33.4 Å². The van der Waals surface area contributed by atoms with Gasteiger partial charge in [0.2, 0.25) is 0 Å². The second-order valence-corrected chi connectivity index (χ2v) is 3.88. The third-order valence-corrected chi connectivity index (χ3v) is 0. The van der Waals surface area contributed by atoms with Crippen molar-refractivity contribution in [3.8, 4) is 0 Å². The predicted molar refractivity (Wildman–Crippen MR) is 24.6 cm³/mol. The summed E-state index contributed by atoms with van der Waals surface area (Å²) < 4.78 is 21.7. The molecule has 0 aromatic rings. The fraction of sp³-hybridized carbons (Fsp3) is 0. The molecule has 0 aromatic heterocycles. The highest BCUT2D eigenvalue weighted by Crippen LogP contribution is 2.65. The molecule has 1 atom stereocenters. The SMILES string of the molecule is [B-][P+](F)(F)P. The van der Waals surface area contributed by atoms with E-state index >= 15 is 0 Å². The van der Waals surface area contributed by atoms with Crippen LogP contribution in [-0.4, -0.2) is 7.57 Å². The van der Waals surface area contributed by atoms with Gasteiger partial charge >= 0.3 is 0 Å². The molecule has 0 heterocycles. The van der Waals surface area contributed by atoms with E-state index in [1.807, 2.05) is 0 Å². The van der Waals surface area contributed by atoms with Crippen molar-refractivity contribution in [3.63, 3.8) is 0 Å². The van der Waals surface area contributed by atoms with Gasteiger partial charge in [-0.2, -0.15) is 0 Å². The van der Waals surface area contributed by atoms with Crippen LogP contribution in [0.1, 0.15) is 0 Å². The molecule has 3 radical (unpaired) electrons. The van der Waals surface area contributed by atoms with E-state index in [1.165, 1.54) is 8.93 Å². The van der Waals surface area contributed by atoms with E-state index in [0.29, 0.717) is 0 Å². The number of hydrogen-bond donors (Lipinski definition) is 0. The van der Waals surface area contributed by atoms with Crippen LogP contribution in [0.5, 0.6) is 0 Å². The van der Waals surface area contributed by atoms with Crippen molar-refractivity contribution in [1.29, 1.82) is 0 Å². The quantitative estimate of drug-likeness (QED) is 0.330. The van der Waals surface area contributed by atoms with Gasteiger partial charge in [0.05, 0.1) is 0 Å². The zero-order valence-corrected chi connectivity index (χ0v) is 4.41. The molecular formula is H2BF2P2. The third-order valence-electron chi connectivity index (χ3n) is 0. The molecule has 0 amide bonds. The number of halogens is 2. The Kier molecular flexibility index (Phi) is 1.72. The summed E-state index contributed by atoms with van der Waals surface area (Å²) in [5.41, 5.74) is 0. The minimum absolute atomic E-state index is 1.27. The molecule has 0 fully saturated rings. The minimum Gasteiger partial charge on any atom is -0.202 e. The van der Waals surface area contributed by atoms with Gasteiger partial charge in [-0.3, -0.25) is 0 Å². The lowest BCUT2D eigenvalue weighted by Gasteiger charge is -1.98. The van der Waals surface area contributed by atoms with Crippen molar-refractivity contribution in [2.24, 2.45) is 0 Å². The second-order valence-electron chi connectivity index (χ2n) is 0.603. The van der Waals surface area contributed by atoms with Gasteiger partial charge in [-0.25, -0.2) is 7.57 Å². The first kappa shape index (κ1) is 5.78. The summed E-state index contributed by atoms with van der Waals surface area (Å²) in [6.45, 7) is 0. The van der Waals surface area contributed by atoms with Gasteiger partial charge in [-0.1, -0.05) is 8.39 Å². The molecule has 5 heavy (non-hydrogen) atoms. The van der Waals surface area contributed by atoms with Gasteiger partial charge in [0, 0.05) is 8.93 Å². The molecule has 0 nitrogen and oxygen atoms in total. The maximum atomic E-state index is 10.9. The third kappa shape index (κ3) is 60.2. The maximum absolute atomic E-state index is 10.9. The van der Waals surface area contributed by atoms with Crippen LogP contribution in [0.25, 0.3) is 0 Å². The highest BCUT2D eigenvalue weighted by molar-refractivity contribution is 8.31. The standard InChI is InChI=1S/BF2H2P2/c1-5(2,3)4/h4H2. The van der Waals surface area contributed by atoms with E-state index in [1.54, 1.807) is 0 Å². The Morgan fingerprint density at radius 1 is 1.60 bits per heavy atom. The van der Waals surface area contributed by atoms with Crippen molar-refractivity contribution in [2.45, 2.75) is 0 Å². The monoisotopic (exact) mass is 113 g/mol. The largest absolute Gasteiger partial charge is 0.202 e. The summed E-state index contributed by atoms with van der Waals surface area (Å²) in [6.07, 6.45) is 0. The number of rotatable bonds is 0. The highest BCUT2D eigenvalue weighted by atomic mass is 32.1. The Balaban J connectivity index is 3.02. The first-order valence-electron chi connectivity index (χ1n) is 0.854. The molecule has 0 rings (SSSR count). The van der Waals surface area contributed by atoms with Crippen molar-refractivity contribution in [2.75, 3.05) is 0 Å². The molecule has 0 aromatic carbocycles. The molecular weight excluding hydrogens is 111 g/mol. The van der Waals surface area contributed by atoms with Crippen LogP contribution < -0.4 is 0 Å². The summed E-state index contributed by atoms with van der Waals surface area (Å²) in [6, 6.07) is 0. The topological polar surface area (TPSA) is 0 Å². The first-order valence-corrected chi connectivity index (χ1v) is 4.11. The van der Waals surface area contributed by atoms with Gasteiger partial charge in [-0.05, 0) is 0 Å². The van der Waals surface area contributed by atoms with Crippen LogP contribution in [-0.2, 0) is 0 Å². The van der Waals surface area contributed by atoms with Crippen molar-refractivity contribution < 1.29 is 8.39 Å². The highest BCUT2D eigenvalue weighted by Gasteiger charge is 2.03. The zero-order chi connectivity index (χ0) is 4.50. The summed E-state index contributed by atoms with van der Waals surface area (Å²) in [7, 11) is 1.39. The summed E-state index contributed by atoms with van der Waals surface area (Å²) in [4.78, 5) is 0. The van der Waals surface area contributed by atoms with Gasteiger partial charge in [0.15, 0.2) is 0 Å². The molecule has 29 valence electrons. The van der Waals surface area contributed by atoms with E-state index in [2.05, 4.69) is 7.57 Å². The van der Waals surface area contributed by atoms with E-state index in [9.17, 15) is 8.39 Å². The second kappa shape index (κ2) is 1.49. The zero-order valence-electron chi connectivity index (χ0n) is 2.36. The molecule has 0 aliphatic rings. The van der Waals surface area contributed by atoms with Crippen LogP contribution >= 0.6 is 16.4 Å². The Morgan fingerprint density at radius 2 is 1.60 bits per heavy atom.